The van der Waals surface area contributed by atoms with E-state index in [1.807, 2.05) is 10.7 Å². The van der Waals surface area contributed by atoms with Crippen LogP contribution in [0.25, 0.3) is 0 Å². The molecule has 0 bridgehead atoms. The smallest absolute Gasteiger partial charge is 0.0994 e. The average molecular weight is 258 g/mol. The normalized spacial score (nSPS) is 10.8. The van der Waals surface area contributed by atoms with Gasteiger partial charge in [0.15, 0.2) is 0 Å². The quantitative estimate of drug-likeness (QED) is 0.829. The van der Waals surface area contributed by atoms with E-state index in [4.69, 9.17) is 5.73 Å². The van der Waals surface area contributed by atoms with E-state index in [2.05, 4.69) is 41.5 Å². The SMILES string of the molecule is CCCc1c(CN)nnn1CCCc1ccccc1. The highest BCUT2D eigenvalue weighted by molar-refractivity contribution is 5.14. The third kappa shape index (κ3) is 3.64. The van der Waals surface area contributed by atoms with Crippen molar-refractivity contribution in [3.05, 3.63) is 47.3 Å². The minimum absolute atomic E-state index is 0.480. The highest BCUT2D eigenvalue weighted by atomic mass is 15.4. The van der Waals surface area contributed by atoms with Gasteiger partial charge in [-0.25, -0.2) is 4.68 Å². The molecule has 1 heterocycles. The summed E-state index contributed by atoms with van der Waals surface area (Å²) in [4.78, 5) is 0. The number of nitrogens with zero attached hydrogens (tertiary/aromatic N) is 3. The molecule has 0 spiro atoms. The first-order chi connectivity index (χ1) is 9.35. The molecule has 2 N–H and O–H groups in total. The standard InChI is InChI=1S/C15H22N4/c1-2-7-15-14(12-16)17-18-19(15)11-6-10-13-8-4-3-5-9-13/h3-5,8-9H,2,6-7,10-12,16H2,1H3. The Labute approximate surface area is 114 Å². The average Bonchev–Trinajstić information content (AvgIpc) is 2.83. The second-order valence-electron chi connectivity index (χ2n) is 4.75. The fraction of sp³-hybridized carbons (Fsp3) is 0.467. The molecule has 0 fully saturated rings. The maximum Gasteiger partial charge on any atom is 0.0994 e. The van der Waals surface area contributed by atoms with Gasteiger partial charge in [0.05, 0.1) is 11.4 Å². The van der Waals surface area contributed by atoms with E-state index in [0.717, 1.165) is 37.9 Å². The summed E-state index contributed by atoms with van der Waals surface area (Å²) in [7, 11) is 0. The molecule has 102 valence electrons. The molecule has 4 heteroatoms. The molecule has 0 unspecified atom stereocenters. The minimum Gasteiger partial charge on any atom is -0.325 e. The Morgan fingerprint density at radius 3 is 2.63 bits per heavy atom. The van der Waals surface area contributed by atoms with Gasteiger partial charge >= 0.3 is 0 Å². The van der Waals surface area contributed by atoms with Crippen molar-refractivity contribution in [2.24, 2.45) is 5.73 Å². The van der Waals surface area contributed by atoms with E-state index in [9.17, 15) is 0 Å². The van der Waals surface area contributed by atoms with Gasteiger partial charge in [-0.1, -0.05) is 48.9 Å². The fourth-order valence-electron chi connectivity index (χ4n) is 2.29. The van der Waals surface area contributed by atoms with E-state index >= 15 is 0 Å². The molecule has 0 amide bonds. The molecule has 0 radical (unpaired) electrons. The molecule has 0 saturated carbocycles. The van der Waals surface area contributed by atoms with Crippen molar-refractivity contribution < 1.29 is 0 Å². The summed E-state index contributed by atoms with van der Waals surface area (Å²) in [5.41, 5.74) is 9.22. The van der Waals surface area contributed by atoms with Crippen LogP contribution >= 0.6 is 0 Å². The lowest BCUT2D eigenvalue weighted by atomic mass is 10.1. The van der Waals surface area contributed by atoms with E-state index in [1.165, 1.54) is 11.3 Å². The number of hydrogen-bond acceptors (Lipinski definition) is 3. The number of aryl methyl sites for hydroxylation is 2. The van der Waals surface area contributed by atoms with Crippen LogP contribution in [0, 0.1) is 0 Å². The van der Waals surface area contributed by atoms with Gasteiger partial charge in [0.25, 0.3) is 0 Å². The molecule has 2 aromatic rings. The van der Waals surface area contributed by atoms with Crippen LogP contribution in [-0.4, -0.2) is 15.0 Å². The Balaban J connectivity index is 1.94. The molecular weight excluding hydrogens is 236 g/mol. The van der Waals surface area contributed by atoms with Crippen molar-refractivity contribution in [3.63, 3.8) is 0 Å². The van der Waals surface area contributed by atoms with Crippen molar-refractivity contribution in [1.29, 1.82) is 0 Å². The molecule has 1 aromatic heterocycles. The van der Waals surface area contributed by atoms with Crippen molar-refractivity contribution in [1.82, 2.24) is 15.0 Å². The third-order valence-electron chi connectivity index (χ3n) is 3.28. The molecule has 4 nitrogen and oxygen atoms in total. The largest absolute Gasteiger partial charge is 0.325 e. The lowest BCUT2D eigenvalue weighted by Crippen LogP contribution is -2.08. The van der Waals surface area contributed by atoms with Crippen LogP contribution in [0.4, 0.5) is 0 Å². The molecule has 0 aliphatic carbocycles. The molecule has 19 heavy (non-hydrogen) atoms. The van der Waals surface area contributed by atoms with Gasteiger partial charge in [-0.2, -0.15) is 0 Å². The summed E-state index contributed by atoms with van der Waals surface area (Å²) in [6.07, 6.45) is 4.25. The summed E-state index contributed by atoms with van der Waals surface area (Å²) in [5, 5.41) is 8.39. The number of aromatic nitrogens is 3. The second-order valence-corrected chi connectivity index (χ2v) is 4.75. The Morgan fingerprint density at radius 1 is 1.16 bits per heavy atom. The Hall–Kier alpha value is -1.68. The first-order valence-corrected chi connectivity index (χ1v) is 7.00. The predicted molar refractivity (Wildman–Crippen MR) is 76.7 cm³/mol. The summed E-state index contributed by atoms with van der Waals surface area (Å²) in [6.45, 7) is 3.56. The summed E-state index contributed by atoms with van der Waals surface area (Å²) in [6, 6.07) is 10.5. The number of rotatable bonds is 7. The van der Waals surface area contributed by atoms with Crippen molar-refractivity contribution in [2.75, 3.05) is 0 Å². The van der Waals surface area contributed by atoms with Gasteiger partial charge in [-0.3, -0.25) is 0 Å². The van der Waals surface area contributed by atoms with Crippen LogP contribution in [0.1, 0.15) is 36.7 Å². The third-order valence-corrected chi connectivity index (χ3v) is 3.28. The molecule has 0 saturated heterocycles. The van der Waals surface area contributed by atoms with E-state index in [0.29, 0.717) is 6.54 Å². The van der Waals surface area contributed by atoms with Crippen LogP contribution in [0.15, 0.2) is 30.3 Å². The number of nitrogens with two attached hydrogens (primary N) is 1. The minimum atomic E-state index is 0.480. The zero-order chi connectivity index (χ0) is 13.5. The predicted octanol–water partition coefficient (Wildman–Crippen LogP) is 2.32. The number of hydrogen-bond donors (Lipinski definition) is 1. The van der Waals surface area contributed by atoms with Gasteiger partial charge < -0.3 is 5.73 Å². The van der Waals surface area contributed by atoms with Crippen molar-refractivity contribution in [2.45, 2.75) is 45.7 Å². The summed E-state index contributed by atoms with van der Waals surface area (Å²) >= 11 is 0. The van der Waals surface area contributed by atoms with Crippen LogP contribution in [0.2, 0.25) is 0 Å². The van der Waals surface area contributed by atoms with Crippen LogP contribution in [-0.2, 0) is 25.9 Å². The van der Waals surface area contributed by atoms with Gasteiger partial charge in [-0.15, -0.1) is 5.10 Å². The summed E-state index contributed by atoms with van der Waals surface area (Å²) < 4.78 is 2.02. The Kier molecular flexibility index (Phi) is 5.10. The van der Waals surface area contributed by atoms with Gasteiger partial charge in [0, 0.05) is 13.1 Å². The van der Waals surface area contributed by atoms with Gasteiger partial charge in [0.2, 0.25) is 0 Å². The Morgan fingerprint density at radius 2 is 1.95 bits per heavy atom. The van der Waals surface area contributed by atoms with Gasteiger partial charge in [-0.05, 0) is 24.8 Å². The lowest BCUT2D eigenvalue weighted by Gasteiger charge is -2.06. The van der Waals surface area contributed by atoms with Crippen molar-refractivity contribution in [3.8, 4) is 0 Å². The zero-order valence-corrected chi connectivity index (χ0v) is 11.5. The monoisotopic (exact) mass is 258 g/mol. The Bertz CT molecular complexity index is 490. The highest BCUT2D eigenvalue weighted by Gasteiger charge is 2.10. The van der Waals surface area contributed by atoms with E-state index < -0.39 is 0 Å². The van der Waals surface area contributed by atoms with Crippen LogP contribution < -0.4 is 5.73 Å². The van der Waals surface area contributed by atoms with Gasteiger partial charge in [0.1, 0.15) is 0 Å². The van der Waals surface area contributed by atoms with Crippen LogP contribution in [0.3, 0.4) is 0 Å². The molecule has 0 atom stereocenters. The molecule has 0 aliphatic heterocycles. The molecule has 2 rings (SSSR count). The maximum absolute atomic E-state index is 5.70. The molecule has 0 aliphatic rings. The summed E-state index contributed by atoms with van der Waals surface area (Å²) in [5.74, 6) is 0. The number of benzene rings is 1. The lowest BCUT2D eigenvalue weighted by molar-refractivity contribution is 0.535. The molecule has 1 aromatic carbocycles. The molecular formula is C15H22N4. The van der Waals surface area contributed by atoms with Crippen LogP contribution in [0.5, 0.6) is 0 Å². The van der Waals surface area contributed by atoms with E-state index in [1.54, 1.807) is 0 Å². The maximum atomic E-state index is 5.70. The topological polar surface area (TPSA) is 56.7 Å². The first-order valence-electron chi connectivity index (χ1n) is 7.00. The second kappa shape index (κ2) is 7.04. The highest BCUT2D eigenvalue weighted by Crippen LogP contribution is 2.10. The zero-order valence-electron chi connectivity index (χ0n) is 11.5. The fourth-order valence-corrected chi connectivity index (χ4v) is 2.29. The van der Waals surface area contributed by atoms with Crippen molar-refractivity contribution >= 4 is 0 Å². The van der Waals surface area contributed by atoms with E-state index in [-0.39, 0.29) is 0 Å². The first kappa shape index (κ1) is 13.7.